The molecule has 1 rings (SSSR count). The zero-order valence-electron chi connectivity index (χ0n) is 8.65. The molecule has 0 saturated heterocycles. The first kappa shape index (κ1) is 11.6. The molecular weight excluding hydrogens is 216 g/mol. The van der Waals surface area contributed by atoms with Gasteiger partial charge in [-0.3, -0.25) is 4.72 Å². The van der Waals surface area contributed by atoms with Crippen LogP contribution in [0, 0.1) is 0 Å². The normalized spacial score (nSPS) is 11.1. The van der Waals surface area contributed by atoms with Gasteiger partial charge < -0.3 is 10.5 Å². The zero-order valence-corrected chi connectivity index (χ0v) is 9.47. The van der Waals surface area contributed by atoms with Crippen molar-refractivity contribution in [2.45, 2.75) is 6.92 Å². The topological polar surface area (TPSA) is 81.4 Å². The lowest BCUT2D eigenvalue weighted by Gasteiger charge is -2.09. The number of hydrogen-bond donors (Lipinski definition) is 2. The average molecular weight is 230 g/mol. The van der Waals surface area contributed by atoms with Crippen LogP contribution in [0.5, 0.6) is 5.75 Å². The van der Waals surface area contributed by atoms with Gasteiger partial charge in [-0.2, -0.15) is 0 Å². The Morgan fingerprint density at radius 2 is 2.13 bits per heavy atom. The molecule has 0 spiro atoms. The first-order chi connectivity index (χ1) is 6.98. The third-order valence-electron chi connectivity index (χ3n) is 1.88. The van der Waals surface area contributed by atoms with Crippen molar-refractivity contribution in [3.8, 4) is 5.75 Å². The van der Waals surface area contributed by atoms with Gasteiger partial charge in [-0.15, -0.1) is 0 Å². The van der Waals surface area contributed by atoms with Crippen molar-refractivity contribution < 1.29 is 13.2 Å². The van der Waals surface area contributed by atoms with E-state index in [9.17, 15) is 8.42 Å². The summed E-state index contributed by atoms with van der Waals surface area (Å²) >= 11 is 0. The first-order valence-electron chi connectivity index (χ1n) is 4.42. The molecule has 0 aliphatic heterocycles. The lowest BCUT2D eigenvalue weighted by molar-refractivity contribution is 0.417. The minimum atomic E-state index is -3.26. The summed E-state index contributed by atoms with van der Waals surface area (Å²) in [4.78, 5) is 0. The van der Waals surface area contributed by atoms with Gasteiger partial charge in [0.05, 0.1) is 24.2 Å². The predicted molar refractivity (Wildman–Crippen MR) is 60.5 cm³/mol. The molecular formula is C9H14N2O3S. The first-order valence-corrected chi connectivity index (χ1v) is 6.07. The fraction of sp³-hybridized carbons (Fsp3) is 0.333. The van der Waals surface area contributed by atoms with Gasteiger partial charge in [0.25, 0.3) is 0 Å². The molecule has 3 N–H and O–H groups in total. The van der Waals surface area contributed by atoms with Crippen LogP contribution in [-0.2, 0) is 10.0 Å². The molecule has 0 atom stereocenters. The Balaban J connectivity index is 2.94. The van der Waals surface area contributed by atoms with Gasteiger partial charge in [-0.25, -0.2) is 8.42 Å². The summed E-state index contributed by atoms with van der Waals surface area (Å²) in [6, 6.07) is 4.73. The van der Waals surface area contributed by atoms with Gasteiger partial charge in [0.2, 0.25) is 10.0 Å². The van der Waals surface area contributed by atoms with Crippen LogP contribution in [0.1, 0.15) is 6.92 Å². The summed E-state index contributed by atoms with van der Waals surface area (Å²) in [5.41, 5.74) is 6.47. The van der Waals surface area contributed by atoms with Gasteiger partial charge in [-0.1, -0.05) is 0 Å². The maximum absolute atomic E-state index is 11.3. The molecule has 0 aliphatic carbocycles. The number of nitrogens with one attached hydrogen (secondary N) is 1. The van der Waals surface area contributed by atoms with Crippen LogP contribution in [0.15, 0.2) is 18.2 Å². The summed E-state index contributed by atoms with van der Waals surface area (Å²) in [7, 11) is -1.75. The lowest BCUT2D eigenvalue weighted by atomic mass is 10.2. The Morgan fingerprint density at radius 1 is 1.47 bits per heavy atom. The minimum absolute atomic E-state index is 0.0267. The Bertz CT molecular complexity index is 443. The number of hydrogen-bond acceptors (Lipinski definition) is 4. The highest BCUT2D eigenvalue weighted by Crippen LogP contribution is 2.24. The second-order valence-corrected chi connectivity index (χ2v) is 4.97. The Labute approximate surface area is 89.3 Å². The van der Waals surface area contributed by atoms with E-state index in [1.165, 1.54) is 13.2 Å². The van der Waals surface area contributed by atoms with E-state index in [4.69, 9.17) is 10.5 Å². The van der Waals surface area contributed by atoms with Crippen LogP contribution in [0.4, 0.5) is 11.4 Å². The minimum Gasteiger partial charge on any atom is -0.495 e. The number of anilines is 2. The van der Waals surface area contributed by atoms with E-state index in [1.54, 1.807) is 19.1 Å². The highest BCUT2D eigenvalue weighted by Gasteiger charge is 2.07. The van der Waals surface area contributed by atoms with Crippen LogP contribution in [0.2, 0.25) is 0 Å². The Hall–Kier alpha value is -1.43. The zero-order chi connectivity index (χ0) is 11.5. The van der Waals surface area contributed by atoms with Gasteiger partial charge in [0.15, 0.2) is 0 Å². The quantitative estimate of drug-likeness (QED) is 0.757. The van der Waals surface area contributed by atoms with Crippen molar-refractivity contribution >= 4 is 21.4 Å². The summed E-state index contributed by atoms with van der Waals surface area (Å²) in [6.45, 7) is 1.56. The summed E-state index contributed by atoms with van der Waals surface area (Å²) < 4.78 is 29.9. The lowest BCUT2D eigenvalue weighted by Crippen LogP contribution is -2.14. The molecule has 15 heavy (non-hydrogen) atoms. The number of benzene rings is 1. The van der Waals surface area contributed by atoms with Gasteiger partial charge >= 0.3 is 0 Å². The van der Waals surface area contributed by atoms with Gasteiger partial charge in [-0.05, 0) is 25.1 Å². The molecule has 0 amide bonds. The largest absolute Gasteiger partial charge is 0.495 e. The fourth-order valence-corrected chi connectivity index (χ4v) is 1.68. The Kier molecular flexibility index (Phi) is 3.41. The number of ether oxygens (including phenoxy) is 1. The van der Waals surface area contributed by atoms with Crippen molar-refractivity contribution in [3.05, 3.63) is 18.2 Å². The summed E-state index contributed by atoms with van der Waals surface area (Å²) in [6.07, 6.45) is 0. The van der Waals surface area contributed by atoms with E-state index < -0.39 is 10.0 Å². The second kappa shape index (κ2) is 4.39. The van der Waals surface area contributed by atoms with E-state index in [1.807, 2.05) is 0 Å². The second-order valence-electron chi connectivity index (χ2n) is 2.96. The van der Waals surface area contributed by atoms with Crippen molar-refractivity contribution in [1.82, 2.24) is 0 Å². The molecule has 0 fully saturated rings. The molecule has 1 aromatic rings. The summed E-state index contributed by atoms with van der Waals surface area (Å²) in [5, 5.41) is 0. The number of rotatable bonds is 4. The third kappa shape index (κ3) is 3.02. The fourth-order valence-electron chi connectivity index (χ4n) is 1.05. The average Bonchev–Trinajstić information content (AvgIpc) is 2.17. The van der Waals surface area contributed by atoms with Crippen molar-refractivity contribution in [3.63, 3.8) is 0 Å². The van der Waals surface area contributed by atoms with Crippen molar-refractivity contribution in [2.24, 2.45) is 0 Å². The number of methoxy groups -OCH3 is 1. The van der Waals surface area contributed by atoms with E-state index in [0.717, 1.165) is 0 Å². The molecule has 0 heterocycles. The van der Waals surface area contributed by atoms with Crippen LogP contribution < -0.4 is 15.2 Å². The summed E-state index contributed by atoms with van der Waals surface area (Å²) in [5.74, 6) is 0.549. The highest BCUT2D eigenvalue weighted by molar-refractivity contribution is 7.92. The molecule has 0 unspecified atom stereocenters. The molecule has 0 radical (unpaired) electrons. The van der Waals surface area contributed by atoms with E-state index in [-0.39, 0.29) is 5.75 Å². The number of nitrogens with two attached hydrogens (primary N) is 1. The van der Waals surface area contributed by atoms with Crippen LogP contribution in [0.25, 0.3) is 0 Å². The van der Waals surface area contributed by atoms with Crippen molar-refractivity contribution in [1.29, 1.82) is 0 Å². The monoisotopic (exact) mass is 230 g/mol. The van der Waals surface area contributed by atoms with E-state index in [2.05, 4.69) is 4.72 Å². The SMILES string of the molecule is CCS(=O)(=O)Nc1ccc(OC)c(N)c1. The molecule has 84 valence electrons. The van der Waals surface area contributed by atoms with Crippen molar-refractivity contribution in [2.75, 3.05) is 23.3 Å². The van der Waals surface area contributed by atoms with Gasteiger partial charge in [0.1, 0.15) is 5.75 Å². The molecule has 0 saturated carbocycles. The number of sulfonamides is 1. The molecule has 6 heteroatoms. The molecule has 0 aliphatic rings. The van der Waals surface area contributed by atoms with Crippen LogP contribution in [0.3, 0.4) is 0 Å². The van der Waals surface area contributed by atoms with Crippen LogP contribution >= 0.6 is 0 Å². The highest BCUT2D eigenvalue weighted by atomic mass is 32.2. The smallest absolute Gasteiger partial charge is 0.232 e. The van der Waals surface area contributed by atoms with Crippen LogP contribution in [-0.4, -0.2) is 21.3 Å². The standard InChI is InChI=1S/C9H14N2O3S/c1-3-15(12,13)11-7-4-5-9(14-2)8(10)6-7/h4-6,11H,3,10H2,1-2H3. The van der Waals surface area contributed by atoms with E-state index >= 15 is 0 Å². The molecule has 0 bridgehead atoms. The molecule has 1 aromatic carbocycles. The molecule has 0 aromatic heterocycles. The van der Waals surface area contributed by atoms with E-state index in [0.29, 0.717) is 17.1 Å². The maximum atomic E-state index is 11.3. The number of nitrogen functional groups attached to an aromatic ring is 1. The molecule has 5 nitrogen and oxygen atoms in total. The maximum Gasteiger partial charge on any atom is 0.232 e. The Morgan fingerprint density at radius 3 is 2.60 bits per heavy atom. The van der Waals surface area contributed by atoms with Gasteiger partial charge in [0, 0.05) is 0 Å². The third-order valence-corrected chi connectivity index (χ3v) is 3.19. The predicted octanol–water partition coefficient (Wildman–Crippen LogP) is 1.04.